The van der Waals surface area contributed by atoms with Crippen molar-refractivity contribution in [2.45, 2.75) is 19.8 Å². The Hall–Kier alpha value is -1.55. The van der Waals surface area contributed by atoms with Crippen molar-refractivity contribution in [3.05, 3.63) is 29.8 Å². The minimum atomic E-state index is 0.0398. The Labute approximate surface area is 114 Å². The highest BCUT2D eigenvalue weighted by Crippen LogP contribution is 2.19. The van der Waals surface area contributed by atoms with Crippen LogP contribution in [0.1, 0.15) is 30.1 Å². The maximum atomic E-state index is 12.2. The lowest BCUT2D eigenvalue weighted by Crippen LogP contribution is -2.29. The molecule has 0 aliphatic carbocycles. The third-order valence-electron chi connectivity index (χ3n) is 3.41. The lowest BCUT2D eigenvalue weighted by molar-refractivity contribution is 0.0782. The molecule has 1 saturated heterocycles. The number of likely N-dealkylation sites (tertiary alicyclic amines) is 1. The zero-order valence-electron chi connectivity index (χ0n) is 11.3. The molecule has 1 aliphatic heterocycles. The molecule has 1 unspecified atom stereocenters. The minimum absolute atomic E-state index is 0.0398. The summed E-state index contributed by atoms with van der Waals surface area (Å²) >= 11 is 0. The molecule has 0 aromatic heterocycles. The predicted molar refractivity (Wildman–Crippen MR) is 73.3 cm³/mol. The van der Waals surface area contributed by atoms with Gasteiger partial charge in [-0.15, -0.1) is 0 Å². The van der Waals surface area contributed by atoms with Crippen LogP contribution in [0.15, 0.2) is 24.3 Å². The highest BCUT2D eigenvalue weighted by molar-refractivity contribution is 5.94. The molecule has 1 N–H and O–H groups in total. The molecule has 0 saturated carbocycles. The molecule has 1 heterocycles. The standard InChI is InChI=1S/C15H21NO3/c1-2-9-19-14-5-3-13(4-6-14)15(18)16-8-7-12(10-16)11-17/h3-6,12,17H,2,7-11H2,1H3. The largest absolute Gasteiger partial charge is 0.494 e. The van der Waals surface area contributed by atoms with Crippen LogP contribution in [0.5, 0.6) is 5.75 Å². The van der Waals surface area contributed by atoms with Gasteiger partial charge in [0, 0.05) is 31.2 Å². The average Bonchev–Trinajstić information content (AvgIpc) is 2.94. The molecule has 19 heavy (non-hydrogen) atoms. The van der Waals surface area contributed by atoms with E-state index < -0.39 is 0 Å². The third kappa shape index (κ3) is 3.47. The summed E-state index contributed by atoms with van der Waals surface area (Å²) in [5.41, 5.74) is 0.683. The topological polar surface area (TPSA) is 49.8 Å². The number of hydrogen-bond acceptors (Lipinski definition) is 3. The number of carbonyl (C=O) groups excluding carboxylic acids is 1. The van der Waals surface area contributed by atoms with Gasteiger partial charge in [-0.2, -0.15) is 0 Å². The van der Waals surface area contributed by atoms with Crippen LogP contribution < -0.4 is 4.74 Å². The van der Waals surface area contributed by atoms with E-state index in [2.05, 4.69) is 6.92 Å². The molecule has 1 amide bonds. The molecule has 0 bridgehead atoms. The molecule has 4 heteroatoms. The zero-order valence-corrected chi connectivity index (χ0v) is 11.3. The molecule has 1 aromatic rings. The van der Waals surface area contributed by atoms with E-state index in [1.165, 1.54) is 0 Å². The van der Waals surface area contributed by atoms with Crippen LogP contribution in [0.4, 0.5) is 0 Å². The van der Waals surface area contributed by atoms with Crippen LogP contribution in [0.2, 0.25) is 0 Å². The van der Waals surface area contributed by atoms with Gasteiger partial charge in [0.15, 0.2) is 0 Å². The van der Waals surface area contributed by atoms with Gasteiger partial charge >= 0.3 is 0 Å². The molecule has 1 atom stereocenters. The summed E-state index contributed by atoms with van der Waals surface area (Å²) in [6.45, 7) is 4.30. The van der Waals surface area contributed by atoms with E-state index in [-0.39, 0.29) is 18.4 Å². The normalized spacial score (nSPS) is 18.6. The molecule has 1 aromatic carbocycles. The number of aliphatic hydroxyl groups excluding tert-OH is 1. The smallest absolute Gasteiger partial charge is 0.253 e. The number of carbonyl (C=O) groups is 1. The Morgan fingerprint density at radius 1 is 1.42 bits per heavy atom. The predicted octanol–water partition coefficient (Wildman–Crippen LogP) is 1.93. The van der Waals surface area contributed by atoms with Crippen molar-refractivity contribution in [1.82, 2.24) is 4.90 Å². The summed E-state index contributed by atoms with van der Waals surface area (Å²) in [4.78, 5) is 14.0. The molecule has 104 valence electrons. The van der Waals surface area contributed by atoms with E-state index in [0.717, 1.165) is 25.1 Å². The van der Waals surface area contributed by atoms with Crippen LogP contribution in [-0.4, -0.2) is 42.2 Å². The number of amides is 1. The van der Waals surface area contributed by atoms with Crippen molar-refractivity contribution in [1.29, 1.82) is 0 Å². The highest BCUT2D eigenvalue weighted by Gasteiger charge is 2.26. The van der Waals surface area contributed by atoms with Gasteiger partial charge in [-0.1, -0.05) is 6.92 Å². The highest BCUT2D eigenvalue weighted by atomic mass is 16.5. The van der Waals surface area contributed by atoms with E-state index >= 15 is 0 Å². The van der Waals surface area contributed by atoms with E-state index in [1.807, 2.05) is 17.0 Å². The first-order valence-corrected chi connectivity index (χ1v) is 6.87. The minimum Gasteiger partial charge on any atom is -0.494 e. The summed E-state index contributed by atoms with van der Waals surface area (Å²) in [6, 6.07) is 7.28. The molecule has 1 fully saturated rings. The molecule has 4 nitrogen and oxygen atoms in total. The summed E-state index contributed by atoms with van der Waals surface area (Å²) in [7, 11) is 0. The zero-order chi connectivity index (χ0) is 13.7. The van der Waals surface area contributed by atoms with E-state index in [9.17, 15) is 4.79 Å². The number of benzene rings is 1. The molecular formula is C15H21NO3. The fourth-order valence-corrected chi connectivity index (χ4v) is 2.26. The number of rotatable bonds is 5. The van der Waals surface area contributed by atoms with Crippen LogP contribution in [0.25, 0.3) is 0 Å². The van der Waals surface area contributed by atoms with Gasteiger partial charge in [-0.25, -0.2) is 0 Å². The monoisotopic (exact) mass is 263 g/mol. The van der Waals surface area contributed by atoms with E-state index in [1.54, 1.807) is 12.1 Å². The quantitative estimate of drug-likeness (QED) is 0.883. The van der Waals surface area contributed by atoms with Gasteiger partial charge in [0.25, 0.3) is 5.91 Å². The summed E-state index contributed by atoms with van der Waals surface area (Å²) in [6.07, 6.45) is 1.86. The van der Waals surface area contributed by atoms with Crippen molar-refractivity contribution >= 4 is 5.91 Å². The van der Waals surface area contributed by atoms with Crippen molar-refractivity contribution in [3.8, 4) is 5.75 Å². The fourth-order valence-electron chi connectivity index (χ4n) is 2.26. The first kappa shape index (κ1) is 13.9. The number of aliphatic hydroxyl groups is 1. The lowest BCUT2D eigenvalue weighted by atomic mass is 10.1. The second-order valence-electron chi connectivity index (χ2n) is 4.96. The maximum absolute atomic E-state index is 12.2. The Morgan fingerprint density at radius 3 is 2.74 bits per heavy atom. The Balaban J connectivity index is 1.96. The van der Waals surface area contributed by atoms with Gasteiger partial charge in [0.1, 0.15) is 5.75 Å². The molecule has 0 radical (unpaired) electrons. The summed E-state index contributed by atoms with van der Waals surface area (Å²) < 4.78 is 5.49. The Morgan fingerprint density at radius 2 is 2.16 bits per heavy atom. The summed E-state index contributed by atoms with van der Waals surface area (Å²) in [5, 5.41) is 9.10. The second-order valence-corrected chi connectivity index (χ2v) is 4.96. The Kier molecular flexibility index (Phi) is 4.80. The lowest BCUT2D eigenvalue weighted by Gasteiger charge is -2.16. The van der Waals surface area contributed by atoms with Gasteiger partial charge in [-0.05, 0) is 37.1 Å². The average molecular weight is 263 g/mol. The van der Waals surface area contributed by atoms with Crippen LogP contribution in [0.3, 0.4) is 0 Å². The van der Waals surface area contributed by atoms with E-state index in [4.69, 9.17) is 9.84 Å². The van der Waals surface area contributed by atoms with Crippen molar-refractivity contribution < 1.29 is 14.6 Å². The van der Waals surface area contributed by atoms with Gasteiger partial charge in [-0.3, -0.25) is 4.79 Å². The van der Waals surface area contributed by atoms with Gasteiger partial charge < -0.3 is 14.7 Å². The second kappa shape index (κ2) is 6.57. The molecule has 1 aliphatic rings. The number of nitrogens with zero attached hydrogens (tertiary/aromatic N) is 1. The van der Waals surface area contributed by atoms with E-state index in [0.29, 0.717) is 18.7 Å². The Bertz CT molecular complexity index is 416. The molecule has 0 spiro atoms. The molecular weight excluding hydrogens is 242 g/mol. The van der Waals surface area contributed by atoms with Crippen LogP contribution >= 0.6 is 0 Å². The maximum Gasteiger partial charge on any atom is 0.253 e. The van der Waals surface area contributed by atoms with Crippen LogP contribution in [-0.2, 0) is 0 Å². The van der Waals surface area contributed by atoms with Crippen molar-refractivity contribution in [3.63, 3.8) is 0 Å². The van der Waals surface area contributed by atoms with Crippen molar-refractivity contribution in [2.75, 3.05) is 26.3 Å². The fraction of sp³-hybridized carbons (Fsp3) is 0.533. The first-order chi connectivity index (χ1) is 9.24. The summed E-state index contributed by atoms with van der Waals surface area (Å²) in [5.74, 6) is 1.07. The van der Waals surface area contributed by atoms with Gasteiger partial charge in [0.2, 0.25) is 0 Å². The van der Waals surface area contributed by atoms with Crippen LogP contribution in [0, 0.1) is 5.92 Å². The SMILES string of the molecule is CCCOc1ccc(C(=O)N2CCC(CO)C2)cc1. The third-order valence-corrected chi connectivity index (χ3v) is 3.41. The number of hydrogen-bond donors (Lipinski definition) is 1. The molecule has 2 rings (SSSR count). The number of ether oxygens (including phenoxy) is 1. The first-order valence-electron chi connectivity index (χ1n) is 6.87. The van der Waals surface area contributed by atoms with Gasteiger partial charge in [0.05, 0.1) is 6.61 Å². The van der Waals surface area contributed by atoms with Crippen molar-refractivity contribution in [2.24, 2.45) is 5.92 Å².